The van der Waals surface area contributed by atoms with Gasteiger partial charge < -0.3 is 15.0 Å². The molecule has 218 valence electrons. The van der Waals surface area contributed by atoms with Gasteiger partial charge in [-0.05, 0) is 55.7 Å². The van der Waals surface area contributed by atoms with Gasteiger partial charge in [0, 0.05) is 17.6 Å². The van der Waals surface area contributed by atoms with Crippen LogP contribution in [-0.2, 0) is 26.2 Å². The fourth-order valence-corrected chi connectivity index (χ4v) is 6.63. The van der Waals surface area contributed by atoms with Crippen LogP contribution in [0.15, 0.2) is 83.8 Å². The topological polar surface area (TPSA) is 96.0 Å². The van der Waals surface area contributed by atoms with Gasteiger partial charge in [-0.15, -0.1) is 0 Å². The van der Waals surface area contributed by atoms with Crippen LogP contribution < -0.4 is 14.4 Å². The highest BCUT2D eigenvalue weighted by Crippen LogP contribution is 2.35. The molecule has 1 aliphatic carbocycles. The molecule has 4 rings (SSSR count). The van der Waals surface area contributed by atoms with Crippen LogP contribution in [0.25, 0.3) is 0 Å². The molecule has 3 aromatic carbocycles. The predicted molar refractivity (Wildman–Crippen MR) is 160 cm³/mol. The van der Waals surface area contributed by atoms with Crippen molar-refractivity contribution in [1.29, 1.82) is 0 Å². The summed E-state index contributed by atoms with van der Waals surface area (Å²) in [7, 11) is -2.81. The van der Waals surface area contributed by atoms with Crippen LogP contribution in [0.1, 0.15) is 44.6 Å². The second-order valence-electron chi connectivity index (χ2n) is 10.2. The summed E-state index contributed by atoms with van der Waals surface area (Å²) in [6.07, 6.45) is 5.07. The van der Waals surface area contributed by atoms with Gasteiger partial charge in [0.15, 0.2) is 0 Å². The number of carbonyl (C=O) groups is 2. The lowest BCUT2D eigenvalue weighted by Crippen LogP contribution is -2.53. The normalized spacial score (nSPS) is 14.6. The van der Waals surface area contributed by atoms with Crippen molar-refractivity contribution in [2.45, 2.75) is 62.6 Å². The Balaban J connectivity index is 1.70. The molecule has 0 bridgehead atoms. The first kappa shape index (κ1) is 30.4. The van der Waals surface area contributed by atoms with E-state index in [1.165, 1.54) is 30.2 Å². The van der Waals surface area contributed by atoms with Crippen molar-refractivity contribution in [3.63, 3.8) is 0 Å². The summed E-state index contributed by atoms with van der Waals surface area (Å²) in [4.78, 5) is 28.9. The van der Waals surface area contributed by atoms with Gasteiger partial charge in [0.1, 0.15) is 18.3 Å². The van der Waals surface area contributed by atoms with E-state index in [0.29, 0.717) is 0 Å². The highest BCUT2D eigenvalue weighted by molar-refractivity contribution is 7.92. The molecule has 3 aromatic rings. The van der Waals surface area contributed by atoms with Gasteiger partial charge in [-0.3, -0.25) is 13.9 Å². The maximum atomic E-state index is 14.1. The summed E-state index contributed by atoms with van der Waals surface area (Å²) in [5.74, 6) is -0.569. The molecular weight excluding hydrogens is 562 g/mol. The zero-order valence-electron chi connectivity index (χ0n) is 23.3. The number of anilines is 1. The van der Waals surface area contributed by atoms with E-state index in [9.17, 15) is 18.0 Å². The minimum Gasteiger partial charge on any atom is -0.495 e. The Morgan fingerprint density at radius 2 is 1.61 bits per heavy atom. The van der Waals surface area contributed by atoms with Crippen LogP contribution in [0.5, 0.6) is 5.75 Å². The van der Waals surface area contributed by atoms with Crippen molar-refractivity contribution >= 4 is 39.1 Å². The van der Waals surface area contributed by atoms with Gasteiger partial charge in [0.2, 0.25) is 11.8 Å². The van der Waals surface area contributed by atoms with Crippen LogP contribution in [0.4, 0.5) is 5.69 Å². The molecule has 0 saturated heterocycles. The number of halogens is 1. The Kier molecular flexibility index (Phi) is 10.3. The number of nitrogens with zero attached hydrogens (tertiary/aromatic N) is 2. The molecule has 1 N–H and O–H groups in total. The Morgan fingerprint density at radius 3 is 2.24 bits per heavy atom. The number of amides is 2. The molecular formula is C31H36ClN3O5S. The molecule has 8 nitrogen and oxygen atoms in total. The van der Waals surface area contributed by atoms with E-state index in [2.05, 4.69) is 5.32 Å². The average molecular weight is 598 g/mol. The highest BCUT2D eigenvalue weighted by atomic mass is 35.5. The third kappa shape index (κ3) is 7.59. The van der Waals surface area contributed by atoms with E-state index >= 15 is 0 Å². The van der Waals surface area contributed by atoms with Crippen LogP contribution >= 0.6 is 11.6 Å². The van der Waals surface area contributed by atoms with Gasteiger partial charge in [-0.25, -0.2) is 8.42 Å². The number of hydrogen-bond acceptors (Lipinski definition) is 5. The van der Waals surface area contributed by atoms with Crippen molar-refractivity contribution in [1.82, 2.24) is 10.2 Å². The zero-order chi connectivity index (χ0) is 29.4. The quantitative estimate of drug-likeness (QED) is 0.319. The fourth-order valence-electron chi connectivity index (χ4n) is 5.02. The Bertz CT molecular complexity index is 1430. The summed E-state index contributed by atoms with van der Waals surface area (Å²) in [5, 5.41) is 3.38. The first-order valence-electron chi connectivity index (χ1n) is 13.8. The first-order chi connectivity index (χ1) is 19.7. The molecule has 1 saturated carbocycles. The summed E-state index contributed by atoms with van der Waals surface area (Å²) in [6, 6.07) is 21.0. The third-order valence-corrected chi connectivity index (χ3v) is 9.34. The van der Waals surface area contributed by atoms with Crippen molar-refractivity contribution < 1.29 is 22.7 Å². The molecule has 0 heterocycles. The molecule has 2 amide bonds. The zero-order valence-corrected chi connectivity index (χ0v) is 24.9. The summed E-state index contributed by atoms with van der Waals surface area (Å²) >= 11 is 6.28. The molecule has 1 aliphatic rings. The lowest BCUT2D eigenvalue weighted by molar-refractivity contribution is -0.139. The molecule has 1 fully saturated rings. The van der Waals surface area contributed by atoms with E-state index < -0.39 is 28.5 Å². The van der Waals surface area contributed by atoms with Crippen molar-refractivity contribution in [3.8, 4) is 5.75 Å². The predicted octanol–water partition coefficient (Wildman–Crippen LogP) is 5.41. The Hall–Kier alpha value is -3.56. The third-order valence-electron chi connectivity index (χ3n) is 7.33. The number of rotatable bonds is 11. The molecule has 0 aliphatic heterocycles. The number of methoxy groups -OCH3 is 1. The van der Waals surface area contributed by atoms with Crippen molar-refractivity contribution in [2.75, 3.05) is 18.0 Å². The second kappa shape index (κ2) is 13.9. The van der Waals surface area contributed by atoms with E-state index in [-0.39, 0.29) is 39.8 Å². The fraction of sp³-hybridized carbons (Fsp3) is 0.355. The maximum absolute atomic E-state index is 14.1. The van der Waals surface area contributed by atoms with Crippen molar-refractivity contribution in [2.24, 2.45) is 0 Å². The number of sulfonamides is 1. The Morgan fingerprint density at radius 1 is 0.976 bits per heavy atom. The summed E-state index contributed by atoms with van der Waals surface area (Å²) in [6.45, 7) is 1.24. The van der Waals surface area contributed by atoms with E-state index in [0.717, 1.165) is 42.0 Å². The van der Waals surface area contributed by atoms with Crippen LogP contribution in [0, 0.1) is 0 Å². The summed E-state index contributed by atoms with van der Waals surface area (Å²) in [5.41, 5.74) is 0.937. The highest BCUT2D eigenvalue weighted by Gasteiger charge is 2.34. The van der Waals surface area contributed by atoms with Gasteiger partial charge in [-0.1, -0.05) is 79.4 Å². The maximum Gasteiger partial charge on any atom is 0.264 e. The molecule has 1 atom stereocenters. The van der Waals surface area contributed by atoms with Gasteiger partial charge in [0.25, 0.3) is 10.0 Å². The SMILES string of the molecule is COc1ccc(Cl)cc1N(CC(=O)N(Cc1ccccc1)[C@@H](C)C(=O)NC1CCCCC1)S(=O)(=O)c1ccccc1. The minimum absolute atomic E-state index is 0.00697. The number of ether oxygens (including phenoxy) is 1. The molecule has 10 heteroatoms. The largest absolute Gasteiger partial charge is 0.495 e. The molecule has 41 heavy (non-hydrogen) atoms. The monoisotopic (exact) mass is 597 g/mol. The van der Waals surface area contributed by atoms with Gasteiger partial charge in [0.05, 0.1) is 17.7 Å². The Labute approximate surface area is 247 Å². The van der Waals surface area contributed by atoms with Crippen molar-refractivity contribution in [3.05, 3.63) is 89.4 Å². The number of hydrogen-bond donors (Lipinski definition) is 1. The lowest BCUT2D eigenvalue weighted by Gasteiger charge is -2.33. The molecule has 0 spiro atoms. The van der Waals surface area contributed by atoms with Crippen LogP contribution in [0.2, 0.25) is 5.02 Å². The lowest BCUT2D eigenvalue weighted by atomic mass is 9.95. The molecule has 0 aromatic heterocycles. The summed E-state index contributed by atoms with van der Waals surface area (Å²) < 4.78 is 34.4. The standard InChI is InChI=1S/C31H36ClN3O5S/c1-23(31(37)33-26-14-8-4-9-15-26)34(21-24-12-6-3-7-13-24)30(36)22-35(28-20-25(32)18-19-29(28)40-2)41(38,39)27-16-10-5-11-17-27/h3,5-7,10-13,16-20,23,26H,4,8-9,14-15,21-22H2,1-2H3,(H,33,37)/t23-/m0/s1. The van der Waals surface area contributed by atoms with Gasteiger partial charge >= 0.3 is 0 Å². The van der Waals surface area contributed by atoms with E-state index in [1.54, 1.807) is 37.3 Å². The van der Waals surface area contributed by atoms with E-state index in [1.807, 2.05) is 30.3 Å². The van der Waals surface area contributed by atoms with E-state index in [4.69, 9.17) is 16.3 Å². The number of benzene rings is 3. The van der Waals surface area contributed by atoms with Crippen LogP contribution in [-0.4, -0.2) is 50.9 Å². The smallest absolute Gasteiger partial charge is 0.264 e. The average Bonchev–Trinajstić information content (AvgIpc) is 2.99. The molecule has 0 unspecified atom stereocenters. The molecule has 0 radical (unpaired) electrons. The second-order valence-corrected chi connectivity index (χ2v) is 12.5. The minimum atomic E-state index is -4.23. The van der Waals surface area contributed by atoms with Gasteiger partial charge in [-0.2, -0.15) is 0 Å². The first-order valence-corrected chi connectivity index (χ1v) is 15.6. The number of nitrogens with one attached hydrogen (secondary N) is 1. The number of carbonyl (C=O) groups excluding carboxylic acids is 2. The van der Waals surface area contributed by atoms with Crippen LogP contribution in [0.3, 0.4) is 0 Å².